The number of benzene rings is 3. The van der Waals surface area contributed by atoms with E-state index in [1.54, 1.807) is 38.1 Å². The Labute approximate surface area is 238 Å². The molecule has 210 valence electrons. The van der Waals surface area contributed by atoms with Gasteiger partial charge in [-0.05, 0) is 59.4 Å². The van der Waals surface area contributed by atoms with E-state index in [9.17, 15) is 19.2 Å². The van der Waals surface area contributed by atoms with Crippen LogP contribution in [0.15, 0.2) is 72.8 Å². The minimum absolute atomic E-state index is 0.262. The molecule has 3 aromatic carbocycles. The molecule has 2 bridgehead atoms. The van der Waals surface area contributed by atoms with Crippen LogP contribution in [-0.2, 0) is 23.9 Å². The smallest absolute Gasteiger partial charge is 0.330 e. The van der Waals surface area contributed by atoms with E-state index in [1.165, 1.54) is 0 Å². The fourth-order valence-electron chi connectivity index (χ4n) is 6.87. The molecule has 3 aliphatic carbocycles. The van der Waals surface area contributed by atoms with Crippen molar-refractivity contribution in [1.82, 2.24) is 4.90 Å². The number of nitrogens with zero attached hydrogens (tertiary/aromatic N) is 1. The third-order valence-corrected chi connectivity index (χ3v) is 8.43. The second kappa shape index (κ2) is 10.5. The van der Waals surface area contributed by atoms with Crippen LogP contribution >= 0.6 is 0 Å². The zero-order valence-electron chi connectivity index (χ0n) is 23.2. The van der Waals surface area contributed by atoms with Crippen LogP contribution < -0.4 is 10.1 Å². The molecule has 7 rings (SSSR count). The lowest BCUT2D eigenvalue weighted by atomic mass is 9.55. The number of likely N-dealkylation sites (tertiary alicyclic amines) is 1. The SMILES string of the molecule is CCOc1ccc(NC(=O)COC(=O)[C@H](C(C)C)N2C(=O)[C@H]3C4c5ccccc5C(c5ccccc54)[C@@H]3C2=O)cc1. The van der Waals surface area contributed by atoms with Gasteiger partial charge in [-0.3, -0.25) is 19.3 Å². The number of anilines is 1. The summed E-state index contributed by atoms with van der Waals surface area (Å²) < 4.78 is 10.8. The normalized spacial score (nSPS) is 22.6. The summed E-state index contributed by atoms with van der Waals surface area (Å²) in [5, 5.41) is 2.68. The standard InChI is InChI=1S/C33H32N2O6/c1-4-40-20-15-13-19(14-16-20)34-25(36)17-41-33(39)30(18(2)3)35-31(37)28-26-21-9-5-6-10-22(21)27(29(28)32(35)38)24-12-8-7-11-23(24)26/h5-16,18,26-30H,4,17H2,1-3H3,(H,34,36)/t26?,27?,28-,29-,30-/m0/s1. The van der Waals surface area contributed by atoms with Gasteiger partial charge >= 0.3 is 5.97 Å². The highest BCUT2D eigenvalue weighted by atomic mass is 16.5. The van der Waals surface area contributed by atoms with Gasteiger partial charge in [-0.1, -0.05) is 62.4 Å². The fraction of sp³-hybridized carbons (Fsp3) is 0.333. The van der Waals surface area contributed by atoms with Crippen molar-refractivity contribution in [2.45, 2.75) is 38.6 Å². The molecule has 1 aliphatic heterocycles. The summed E-state index contributed by atoms with van der Waals surface area (Å²) in [7, 11) is 0. The van der Waals surface area contributed by atoms with Gasteiger partial charge in [0.15, 0.2) is 6.61 Å². The van der Waals surface area contributed by atoms with Crippen molar-refractivity contribution in [3.05, 3.63) is 95.1 Å². The Kier molecular flexibility index (Phi) is 6.85. The number of amides is 3. The van der Waals surface area contributed by atoms with Crippen molar-refractivity contribution >= 4 is 29.4 Å². The Morgan fingerprint density at radius 1 is 0.805 bits per heavy atom. The van der Waals surface area contributed by atoms with E-state index in [1.807, 2.05) is 55.5 Å². The van der Waals surface area contributed by atoms with E-state index in [0.717, 1.165) is 27.2 Å². The lowest BCUT2D eigenvalue weighted by molar-refractivity contribution is -0.162. The van der Waals surface area contributed by atoms with E-state index in [4.69, 9.17) is 9.47 Å². The van der Waals surface area contributed by atoms with E-state index in [2.05, 4.69) is 5.32 Å². The highest BCUT2D eigenvalue weighted by molar-refractivity contribution is 6.10. The molecule has 1 N–H and O–H groups in total. The first-order chi connectivity index (χ1) is 19.8. The predicted molar refractivity (Wildman–Crippen MR) is 151 cm³/mol. The highest BCUT2D eigenvalue weighted by Gasteiger charge is 2.63. The van der Waals surface area contributed by atoms with E-state index < -0.39 is 42.3 Å². The second-order valence-corrected chi connectivity index (χ2v) is 11.1. The minimum Gasteiger partial charge on any atom is -0.494 e. The molecule has 3 amide bonds. The number of nitrogens with one attached hydrogen (secondary N) is 1. The van der Waals surface area contributed by atoms with Gasteiger partial charge in [-0.25, -0.2) is 4.79 Å². The summed E-state index contributed by atoms with van der Waals surface area (Å²) in [4.78, 5) is 55.2. The third kappa shape index (κ3) is 4.38. The Hall–Kier alpha value is -4.46. The first-order valence-corrected chi connectivity index (χ1v) is 14.1. The van der Waals surface area contributed by atoms with Gasteiger partial charge in [0.1, 0.15) is 11.8 Å². The van der Waals surface area contributed by atoms with Crippen molar-refractivity contribution < 1.29 is 28.7 Å². The van der Waals surface area contributed by atoms with Crippen molar-refractivity contribution in [3.8, 4) is 5.75 Å². The van der Waals surface area contributed by atoms with E-state index >= 15 is 0 Å². The lowest BCUT2D eigenvalue weighted by Crippen LogP contribution is -2.49. The number of hydrogen-bond acceptors (Lipinski definition) is 6. The quantitative estimate of drug-likeness (QED) is 0.327. The van der Waals surface area contributed by atoms with Crippen molar-refractivity contribution in [2.24, 2.45) is 17.8 Å². The van der Waals surface area contributed by atoms with Gasteiger partial charge in [0.25, 0.3) is 5.91 Å². The van der Waals surface area contributed by atoms with Crippen LogP contribution in [0.2, 0.25) is 0 Å². The number of rotatable bonds is 8. The summed E-state index contributed by atoms with van der Waals surface area (Å²) >= 11 is 0. The first-order valence-electron chi connectivity index (χ1n) is 14.1. The van der Waals surface area contributed by atoms with Crippen LogP contribution in [0.4, 0.5) is 5.69 Å². The average Bonchev–Trinajstić information content (AvgIpc) is 3.23. The number of esters is 1. The number of carbonyl (C=O) groups excluding carboxylic acids is 4. The molecule has 1 heterocycles. The number of ether oxygens (including phenoxy) is 2. The predicted octanol–water partition coefficient (Wildman–Crippen LogP) is 4.48. The summed E-state index contributed by atoms with van der Waals surface area (Å²) in [5.41, 5.74) is 4.79. The summed E-state index contributed by atoms with van der Waals surface area (Å²) in [5.74, 6) is -3.44. The van der Waals surface area contributed by atoms with Crippen molar-refractivity contribution in [1.29, 1.82) is 0 Å². The van der Waals surface area contributed by atoms with Crippen LogP contribution in [-0.4, -0.2) is 47.8 Å². The highest BCUT2D eigenvalue weighted by Crippen LogP contribution is 2.61. The summed E-state index contributed by atoms with van der Waals surface area (Å²) in [6.45, 7) is 5.41. The Morgan fingerprint density at radius 2 is 1.29 bits per heavy atom. The Balaban J connectivity index is 1.22. The largest absolute Gasteiger partial charge is 0.494 e. The molecule has 41 heavy (non-hydrogen) atoms. The molecule has 0 unspecified atom stereocenters. The monoisotopic (exact) mass is 552 g/mol. The topological polar surface area (TPSA) is 102 Å². The Bertz CT molecular complexity index is 1420. The molecule has 8 heteroatoms. The maximum absolute atomic E-state index is 14.1. The molecule has 3 atom stereocenters. The van der Waals surface area contributed by atoms with Gasteiger partial charge in [-0.2, -0.15) is 0 Å². The van der Waals surface area contributed by atoms with Crippen LogP contribution in [0.1, 0.15) is 54.9 Å². The first kappa shape index (κ1) is 26.7. The number of carbonyl (C=O) groups is 4. The minimum atomic E-state index is -1.13. The molecular formula is C33H32N2O6. The second-order valence-electron chi connectivity index (χ2n) is 11.1. The van der Waals surface area contributed by atoms with Crippen LogP contribution in [0, 0.1) is 17.8 Å². The van der Waals surface area contributed by atoms with Crippen LogP contribution in [0.5, 0.6) is 5.75 Å². The van der Waals surface area contributed by atoms with Crippen LogP contribution in [0.3, 0.4) is 0 Å². The lowest BCUT2D eigenvalue weighted by Gasteiger charge is -2.45. The average molecular weight is 553 g/mol. The van der Waals surface area contributed by atoms with Crippen molar-refractivity contribution in [3.63, 3.8) is 0 Å². The fourth-order valence-corrected chi connectivity index (χ4v) is 6.87. The Morgan fingerprint density at radius 3 is 1.73 bits per heavy atom. The zero-order chi connectivity index (χ0) is 28.8. The van der Waals surface area contributed by atoms with Gasteiger partial charge in [0, 0.05) is 17.5 Å². The molecule has 0 spiro atoms. The van der Waals surface area contributed by atoms with Gasteiger partial charge in [0.2, 0.25) is 11.8 Å². The summed E-state index contributed by atoms with van der Waals surface area (Å²) in [6.07, 6.45) is 0. The van der Waals surface area contributed by atoms with Crippen LogP contribution in [0.25, 0.3) is 0 Å². The molecule has 4 aliphatic rings. The van der Waals surface area contributed by atoms with E-state index in [0.29, 0.717) is 18.0 Å². The molecule has 0 saturated carbocycles. The molecule has 1 fully saturated rings. The maximum atomic E-state index is 14.1. The third-order valence-electron chi connectivity index (χ3n) is 8.43. The van der Waals surface area contributed by atoms with Gasteiger partial charge in [-0.15, -0.1) is 0 Å². The zero-order valence-corrected chi connectivity index (χ0v) is 23.2. The number of hydrogen-bond donors (Lipinski definition) is 1. The number of imide groups is 1. The maximum Gasteiger partial charge on any atom is 0.330 e. The molecule has 0 aromatic heterocycles. The molecule has 0 radical (unpaired) electrons. The van der Waals surface area contributed by atoms with E-state index in [-0.39, 0.29) is 23.7 Å². The summed E-state index contributed by atoms with van der Waals surface area (Å²) in [6, 6.07) is 21.7. The molecule has 1 saturated heterocycles. The molecule has 3 aromatic rings. The van der Waals surface area contributed by atoms with Gasteiger partial charge < -0.3 is 14.8 Å². The van der Waals surface area contributed by atoms with Gasteiger partial charge in [0.05, 0.1) is 18.4 Å². The van der Waals surface area contributed by atoms with Crippen molar-refractivity contribution in [2.75, 3.05) is 18.5 Å². The molecular weight excluding hydrogens is 520 g/mol. The molecule has 8 nitrogen and oxygen atoms in total.